The van der Waals surface area contributed by atoms with Crippen LogP contribution in [-0.4, -0.2) is 21.6 Å². The highest BCUT2D eigenvalue weighted by Crippen LogP contribution is 2.18. The van der Waals surface area contributed by atoms with Crippen molar-refractivity contribution in [2.24, 2.45) is 0 Å². The van der Waals surface area contributed by atoms with E-state index in [1.807, 2.05) is 22.8 Å². The normalized spacial score (nSPS) is 11.0. The maximum atomic E-state index is 5.38. The minimum Gasteiger partial charge on any atom is -0.497 e. The second kappa shape index (κ2) is 5.99. The van der Waals surface area contributed by atoms with E-state index in [0.29, 0.717) is 4.77 Å². The molecule has 0 saturated heterocycles. The molecule has 0 aliphatic heterocycles. The molecule has 0 amide bonds. The molecule has 0 aliphatic carbocycles. The first-order chi connectivity index (χ1) is 10.2. The van der Waals surface area contributed by atoms with Gasteiger partial charge in [0.25, 0.3) is 0 Å². The van der Waals surface area contributed by atoms with E-state index >= 15 is 0 Å². The molecule has 2 heterocycles. The lowest BCUT2D eigenvalue weighted by atomic mass is 10.1. The highest BCUT2D eigenvalue weighted by molar-refractivity contribution is 9.10. The molecule has 3 aromatic rings. The van der Waals surface area contributed by atoms with Gasteiger partial charge in [0.15, 0.2) is 10.4 Å². The van der Waals surface area contributed by atoms with E-state index in [4.69, 9.17) is 17.0 Å². The minimum atomic E-state index is 0.698. The Labute approximate surface area is 135 Å². The molecule has 0 radical (unpaired) electrons. The van der Waals surface area contributed by atoms with Crippen molar-refractivity contribution in [3.63, 3.8) is 0 Å². The summed E-state index contributed by atoms with van der Waals surface area (Å²) in [7, 11) is 1.67. The number of aromatic amines is 1. The molecule has 1 aromatic carbocycles. The largest absolute Gasteiger partial charge is 0.497 e. The summed E-state index contributed by atoms with van der Waals surface area (Å²) >= 11 is 8.80. The monoisotopic (exact) mass is 363 g/mol. The average molecular weight is 364 g/mol. The van der Waals surface area contributed by atoms with Crippen LogP contribution in [0.15, 0.2) is 41.0 Å². The minimum absolute atomic E-state index is 0.698. The van der Waals surface area contributed by atoms with E-state index in [1.54, 1.807) is 13.3 Å². The third-order valence-corrected chi connectivity index (χ3v) is 4.11. The lowest BCUT2D eigenvalue weighted by Gasteiger charge is -2.05. The fraction of sp³-hybridized carbons (Fsp3) is 0.200. The average Bonchev–Trinajstić information content (AvgIpc) is 2.80. The van der Waals surface area contributed by atoms with Crippen LogP contribution < -0.4 is 4.74 Å². The summed E-state index contributed by atoms with van der Waals surface area (Å²) in [6, 6.07) is 10.1. The molecule has 0 atom stereocenters. The Kier molecular flexibility index (Phi) is 4.07. The van der Waals surface area contributed by atoms with Gasteiger partial charge in [-0.3, -0.25) is 0 Å². The van der Waals surface area contributed by atoms with Crippen molar-refractivity contribution in [3.8, 4) is 5.75 Å². The van der Waals surface area contributed by atoms with Crippen molar-refractivity contribution in [3.05, 3.63) is 51.3 Å². The van der Waals surface area contributed by atoms with E-state index < -0.39 is 0 Å². The standard InChI is InChI=1S/C15H14BrN3OS/c1-20-12-4-2-10(3-5-12)6-7-19-14-13(18-15(19)21)8-11(16)9-17-14/h2-5,8-9H,6-7H2,1H3,(H,18,21). The Bertz CT molecular complexity index is 823. The van der Waals surface area contributed by atoms with E-state index in [1.165, 1.54) is 5.56 Å². The van der Waals surface area contributed by atoms with Crippen molar-refractivity contribution >= 4 is 39.3 Å². The van der Waals surface area contributed by atoms with Crippen LogP contribution in [0.2, 0.25) is 0 Å². The van der Waals surface area contributed by atoms with Gasteiger partial charge in [-0.15, -0.1) is 0 Å². The first kappa shape index (κ1) is 14.3. The van der Waals surface area contributed by atoms with Gasteiger partial charge in [-0.1, -0.05) is 12.1 Å². The van der Waals surface area contributed by atoms with Crippen LogP contribution in [0, 0.1) is 4.77 Å². The molecular weight excluding hydrogens is 350 g/mol. The number of rotatable bonds is 4. The van der Waals surface area contributed by atoms with Crippen LogP contribution in [0.5, 0.6) is 5.75 Å². The van der Waals surface area contributed by atoms with Crippen LogP contribution in [0.3, 0.4) is 0 Å². The van der Waals surface area contributed by atoms with Crippen molar-refractivity contribution < 1.29 is 4.74 Å². The number of aryl methyl sites for hydroxylation is 2. The van der Waals surface area contributed by atoms with Crippen LogP contribution in [0.25, 0.3) is 11.2 Å². The molecule has 0 spiro atoms. The van der Waals surface area contributed by atoms with Gasteiger partial charge in [0.05, 0.1) is 12.6 Å². The van der Waals surface area contributed by atoms with E-state index in [-0.39, 0.29) is 0 Å². The van der Waals surface area contributed by atoms with Crippen molar-refractivity contribution in [2.45, 2.75) is 13.0 Å². The number of benzene rings is 1. The molecule has 1 N–H and O–H groups in total. The summed E-state index contributed by atoms with van der Waals surface area (Å²) in [6.45, 7) is 0.791. The molecule has 0 unspecified atom stereocenters. The number of hydrogen-bond acceptors (Lipinski definition) is 3. The Balaban J connectivity index is 1.84. The molecule has 4 nitrogen and oxygen atoms in total. The van der Waals surface area contributed by atoms with E-state index in [9.17, 15) is 0 Å². The third-order valence-electron chi connectivity index (χ3n) is 3.36. The summed E-state index contributed by atoms with van der Waals surface area (Å²) in [5.74, 6) is 0.869. The number of hydrogen-bond donors (Lipinski definition) is 1. The fourth-order valence-corrected chi connectivity index (χ4v) is 2.88. The first-order valence-electron chi connectivity index (χ1n) is 6.54. The zero-order valence-corrected chi connectivity index (χ0v) is 13.9. The quantitative estimate of drug-likeness (QED) is 0.709. The number of aromatic nitrogens is 3. The Hall–Kier alpha value is -1.66. The SMILES string of the molecule is COc1ccc(CCn2c(=S)[nH]c3cc(Br)cnc32)cc1. The summed E-state index contributed by atoms with van der Waals surface area (Å²) in [5.41, 5.74) is 3.07. The van der Waals surface area contributed by atoms with Gasteiger partial charge in [-0.25, -0.2) is 4.98 Å². The maximum absolute atomic E-state index is 5.38. The lowest BCUT2D eigenvalue weighted by Crippen LogP contribution is -2.02. The summed E-state index contributed by atoms with van der Waals surface area (Å²) in [6.07, 6.45) is 2.68. The summed E-state index contributed by atoms with van der Waals surface area (Å²) < 4.78 is 8.83. The van der Waals surface area contributed by atoms with Crippen LogP contribution in [0.4, 0.5) is 0 Å². The molecule has 6 heteroatoms. The van der Waals surface area contributed by atoms with Crippen molar-refractivity contribution in [1.29, 1.82) is 0 Å². The molecule has 0 aliphatic rings. The van der Waals surface area contributed by atoms with E-state index in [2.05, 4.69) is 38.0 Å². The number of methoxy groups -OCH3 is 1. The number of pyridine rings is 1. The highest BCUT2D eigenvalue weighted by atomic mass is 79.9. The van der Waals surface area contributed by atoms with Gasteiger partial charge in [0.2, 0.25) is 0 Å². The van der Waals surface area contributed by atoms with Crippen LogP contribution in [0.1, 0.15) is 5.56 Å². The number of halogens is 1. The summed E-state index contributed by atoms with van der Waals surface area (Å²) in [4.78, 5) is 7.63. The predicted molar refractivity (Wildman–Crippen MR) is 89.3 cm³/mol. The topological polar surface area (TPSA) is 42.8 Å². The third kappa shape index (κ3) is 3.01. The fourth-order valence-electron chi connectivity index (χ4n) is 2.26. The van der Waals surface area contributed by atoms with Crippen molar-refractivity contribution in [2.75, 3.05) is 7.11 Å². The summed E-state index contributed by atoms with van der Waals surface area (Å²) in [5, 5.41) is 0. The van der Waals surface area contributed by atoms with Crippen molar-refractivity contribution in [1.82, 2.24) is 14.5 Å². The van der Waals surface area contributed by atoms with Gasteiger partial charge in [-0.05, 0) is 58.3 Å². The maximum Gasteiger partial charge on any atom is 0.179 e. The lowest BCUT2D eigenvalue weighted by molar-refractivity contribution is 0.414. The van der Waals surface area contributed by atoms with Crippen LogP contribution >= 0.6 is 28.1 Å². The zero-order valence-electron chi connectivity index (χ0n) is 11.5. The number of ether oxygens (including phenoxy) is 1. The molecule has 0 fully saturated rings. The molecule has 2 aromatic heterocycles. The molecule has 0 bridgehead atoms. The predicted octanol–water partition coefficient (Wildman–Crippen LogP) is 4.11. The Morgan fingerprint density at radius 1 is 1.33 bits per heavy atom. The number of H-pyrrole nitrogens is 1. The molecular formula is C15H14BrN3OS. The second-order valence-electron chi connectivity index (χ2n) is 4.70. The number of imidazole rings is 1. The van der Waals surface area contributed by atoms with Crippen LogP contribution in [-0.2, 0) is 13.0 Å². The second-order valence-corrected chi connectivity index (χ2v) is 6.01. The molecule has 21 heavy (non-hydrogen) atoms. The number of nitrogens with zero attached hydrogens (tertiary/aromatic N) is 2. The molecule has 0 saturated carbocycles. The van der Waals surface area contributed by atoms with Gasteiger partial charge in [0, 0.05) is 17.2 Å². The van der Waals surface area contributed by atoms with Gasteiger partial charge in [-0.2, -0.15) is 0 Å². The molecule has 108 valence electrons. The van der Waals surface area contributed by atoms with E-state index in [0.717, 1.165) is 34.4 Å². The van der Waals surface area contributed by atoms with Gasteiger partial charge < -0.3 is 14.3 Å². The highest BCUT2D eigenvalue weighted by Gasteiger charge is 2.06. The Morgan fingerprint density at radius 2 is 2.10 bits per heavy atom. The smallest absolute Gasteiger partial charge is 0.179 e. The number of fused-ring (bicyclic) bond motifs is 1. The first-order valence-corrected chi connectivity index (χ1v) is 7.74. The van der Waals surface area contributed by atoms with Gasteiger partial charge >= 0.3 is 0 Å². The zero-order chi connectivity index (χ0) is 14.8. The molecule has 3 rings (SSSR count). The Morgan fingerprint density at radius 3 is 2.81 bits per heavy atom. The van der Waals surface area contributed by atoms with Gasteiger partial charge in [0.1, 0.15) is 5.75 Å². The number of nitrogens with one attached hydrogen (secondary N) is 1.